The molecule has 4 rings (SSSR count). The molecule has 0 radical (unpaired) electrons. The highest BCUT2D eigenvalue weighted by molar-refractivity contribution is 7.91. The number of rotatable bonds is 7. The van der Waals surface area contributed by atoms with Crippen LogP contribution in [0.4, 0.5) is 0 Å². The zero-order valence-corrected chi connectivity index (χ0v) is 22.4. The van der Waals surface area contributed by atoms with E-state index in [0.29, 0.717) is 17.2 Å². The minimum Gasteiger partial charge on any atom is -0.496 e. The van der Waals surface area contributed by atoms with Crippen molar-refractivity contribution in [2.45, 2.75) is 49.8 Å². The minimum absolute atomic E-state index is 0.141. The minimum atomic E-state index is -3.66. The maximum atomic E-state index is 13.2. The quantitative estimate of drug-likeness (QED) is 0.263. The van der Waals surface area contributed by atoms with Crippen LogP contribution in [0.2, 0.25) is 0 Å². The molecule has 0 N–H and O–H groups in total. The van der Waals surface area contributed by atoms with E-state index in [1.807, 2.05) is 26.0 Å². The van der Waals surface area contributed by atoms with Crippen molar-refractivity contribution in [1.82, 2.24) is 0 Å². The topological polar surface area (TPSA) is 52.6 Å². The Kier molecular flexibility index (Phi) is 6.96. The van der Waals surface area contributed by atoms with Gasteiger partial charge in [0, 0.05) is 5.41 Å². The maximum absolute atomic E-state index is 13.2. The molecule has 0 saturated heterocycles. The van der Waals surface area contributed by atoms with Crippen LogP contribution in [0.25, 0.3) is 0 Å². The van der Waals surface area contributed by atoms with Gasteiger partial charge in [0.25, 0.3) is 0 Å². The fraction of sp³-hybridized carbons (Fsp3) is 0.226. The third kappa shape index (κ3) is 5.02. The summed E-state index contributed by atoms with van der Waals surface area (Å²) >= 11 is 0. The Morgan fingerprint density at radius 3 is 1.58 bits per heavy atom. The van der Waals surface area contributed by atoms with Gasteiger partial charge in [0.15, 0.2) is 0 Å². The van der Waals surface area contributed by atoms with E-state index in [1.165, 1.54) is 16.7 Å². The Morgan fingerprint density at radius 1 is 0.639 bits per heavy atom. The molecule has 0 aliphatic heterocycles. The Hall–Kier alpha value is -3.57. The number of ether oxygens (including phenoxy) is 2. The molecule has 0 atom stereocenters. The van der Waals surface area contributed by atoms with E-state index >= 15 is 0 Å². The van der Waals surface area contributed by atoms with Crippen molar-refractivity contribution in [2.75, 3.05) is 7.11 Å². The molecular formula is C31H32O4S. The number of methoxy groups -OCH3 is 1. The zero-order valence-electron chi connectivity index (χ0n) is 21.6. The smallest absolute Gasteiger partial charge is 0.206 e. The fourth-order valence-corrected chi connectivity index (χ4v) is 5.69. The summed E-state index contributed by atoms with van der Waals surface area (Å²) in [5.74, 6) is 1.97. The molecule has 0 unspecified atom stereocenters. The molecule has 0 aliphatic carbocycles. The largest absolute Gasteiger partial charge is 0.496 e. The molecular weight excluding hydrogens is 468 g/mol. The summed E-state index contributed by atoms with van der Waals surface area (Å²) in [4.78, 5) is 0.466. The second kappa shape index (κ2) is 9.82. The molecule has 0 spiro atoms. The molecule has 0 fully saturated rings. The van der Waals surface area contributed by atoms with Crippen molar-refractivity contribution in [3.63, 3.8) is 0 Å². The van der Waals surface area contributed by atoms with Crippen molar-refractivity contribution in [3.8, 4) is 17.2 Å². The highest BCUT2D eigenvalue weighted by atomic mass is 32.2. The third-order valence-corrected chi connectivity index (χ3v) is 8.46. The zero-order chi connectivity index (χ0) is 26.1. The van der Waals surface area contributed by atoms with Crippen molar-refractivity contribution in [3.05, 3.63) is 113 Å². The summed E-state index contributed by atoms with van der Waals surface area (Å²) in [5, 5.41) is 0. The van der Waals surface area contributed by atoms with Crippen LogP contribution in [0.1, 0.15) is 41.7 Å². The van der Waals surface area contributed by atoms with Gasteiger partial charge in [-0.15, -0.1) is 0 Å². The average Bonchev–Trinajstić information content (AvgIpc) is 2.85. The van der Waals surface area contributed by atoms with E-state index in [2.05, 4.69) is 57.2 Å². The highest BCUT2D eigenvalue weighted by Crippen LogP contribution is 2.35. The Labute approximate surface area is 214 Å². The normalized spacial score (nSPS) is 11.8. The first-order valence-corrected chi connectivity index (χ1v) is 13.4. The molecule has 0 heterocycles. The van der Waals surface area contributed by atoms with E-state index < -0.39 is 9.84 Å². The Bertz CT molecular complexity index is 1480. The first-order valence-electron chi connectivity index (χ1n) is 11.9. The Balaban J connectivity index is 1.54. The predicted molar refractivity (Wildman–Crippen MR) is 144 cm³/mol. The van der Waals surface area contributed by atoms with Crippen LogP contribution in [0.3, 0.4) is 0 Å². The van der Waals surface area contributed by atoms with Crippen LogP contribution in [-0.2, 0) is 15.3 Å². The summed E-state index contributed by atoms with van der Waals surface area (Å²) in [5.41, 5.74) is 5.05. The van der Waals surface area contributed by atoms with Gasteiger partial charge in [0.2, 0.25) is 9.84 Å². The summed E-state index contributed by atoms with van der Waals surface area (Å²) in [6.45, 7) is 10.2. The van der Waals surface area contributed by atoms with Gasteiger partial charge < -0.3 is 9.47 Å². The second-order valence-corrected chi connectivity index (χ2v) is 11.6. The van der Waals surface area contributed by atoms with Gasteiger partial charge in [-0.05, 0) is 91.6 Å². The molecule has 4 aromatic carbocycles. The van der Waals surface area contributed by atoms with Crippen molar-refractivity contribution in [2.24, 2.45) is 0 Å². The van der Waals surface area contributed by atoms with E-state index in [0.717, 1.165) is 11.1 Å². The summed E-state index contributed by atoms with van der Waals surface area (Å²) in [6, 6.07) is 26.5. The summed E-state index contributed by atoms with van der Waals surface area (Å²) in [7, 11) is -2.09. The van der Waals surface area contributed by atoms with Gasteiger partial charge in [-0.25, -0.2) is 8.42 Å². The van der Waals surface area contributed by atoms with Crippen molar-refractivity contribution >= 4 is 9.84 Å². The van der Waals surface area contributed by atoms with Crippen molar-refractivity contribution < 1.29 is 17.9 Å². The molecule has 0 amide bonds. The van der Waals surface area contributed by atoms with Crippen LogP contribution in [0, 0.1) is 20.8 Å². The molecule has 0 saturated carbocycles. The number of benzene rings is 4. The molecule has 186 valence electrons. The van der Waals surface area contributed by atoms with E-state index in [-0.39, 0.29) is 15.2 Å². The van der Waals surface area contributed by atoms with Crippen LogP contribution < -0.4 is 9.47 Å². The lowest BCUT2D eigenvalue weighted by atomic mass is 9.78. The molecule has 4 nitrogen and oxygen atoms in total. The SMILES string of the molecule is COc1ccc(S(=O)(=O)c2ccc(Oc3ccc(C(C)(C)c4ccc(C)cc4)cc3)c(C)c2)cc1C. The van der Waals surface area contributed by atoms with Gasteiger partial charge >= 0.3 is 0 Å². The first-order chi connectivity index (χ1) is 17.0. The van der Waals surface area contributed by atoms with E-state index in [4.69, 9.17) is 9.47 Å². The first kappa shape index (κ1) is 25.5. The monoisotopic (exact) mass is 500 g/mol. The average molecular weight is 501 g/mol. The van der Waals surface area contributed by atoms with E-state index in [1.54, 1.807) is 43.5 Å². The number of sulfone groups is 1. The standard InChI is InChI=1S/C31H32O4S/c1-21-7-9-24(10-8-21)31(4,5)25-11-13-26(14-12-25)35-30-18-16-28(20-23(30)3)36(32,33)27-15-17-29(34-6)22(2)19-27/h7-20H,1-6H3. The molecule has 36 heavy (non-hydrogen) atoms. The fourth-order valence-electron chi connectivity index (χ4n) is 4.26. The second-order valence-electron chi connectivity index (χ2n) is 9.68. The van der Waals surface area contributed by atoms with Gasteiger partial charge in [-0.3, -0.25) is 0 Å². The van der Waals surface area contributed by atoms with Gasteiger partial charge in [0.05, 0.1) is 16.9 Å². The van der Waals surface area contributed by atoms with Crippen LogP contribution in [-0.4, -0.2) is 15.5 Å². The third-order valence-electron chi connectivity index (χ3n) is 6.71. The number of hydrogen-bond acceptors (Lipinski definition) is 4. The molecule has 5 heteroatoms. The van der Waals surface area contributed by atoms with Crippen LogP contribution in [0.15, 0.2) is 94.7 Å². The van der Waals surface area contributed by atoms with Crippen LogP contribution in [0.5, 0.6) is 17.2 Å². The summed E-state index contributed by atoms with van der Waals surface area (Å²) < 4.78 is 37.7. The summed E-state index contributed by atoms with van der Waals surface area (Å²) in [6.07, 6.45) is 0. The molecule has 4 aromatic rings. The lowest BCUT2D eigenvalue weighted by Crippen LogP contribution is -2.18. The number of hydrogen-bond donors (Lipinski definition) is 0. The van der Waals surface area contributed by atoms with Gasteiger partial charge in [-0.1, -0.05) is 55.8 Å². The van der Waals surface area contributed by atoms with E-state index in [9.17, 15) is 8.42 Å². The van der Waals surface area contributed by atoms with Gasteiger partial charge in [0.1, 0.15) is 17.2 Å². The lowest BCUT2D eigenvalue weighted by Gasteiger charge is -2.26. The lowest BCUT2D eigenvalue weighted by molar-refractivity contribution is 0.411. The highest BCUT2D eigenvalue weighted by Gasteiger charge is 2.23. The molecule has 0 aromatic heterocycles. The Morgan fingerprint density at radius 2 is 1.11 bits per heavy atom. The molecule has 0 aliphatic rings. The molecule has 0 bridgehead atoms. The maximum Gasteiger partial charge on any atom is 0.206 e. The number of aryl methyl sites for hydroxylation is 3. The van der Waals surface area contributed by atoms with Crippen LogP contribution >= 0.6 is 0 Å². The van der Waals surface area contributed by atoms with Gasteiger partial charge in [-0.2, -0.15) is 0 Å². The van der Waals surface area contributed by atoms with Crippen molar-refractivity contribution in [1.29, 1.82) is 0 Å². The predicted octanol–water partition coefficient (Wildman–Crippen LogP) is 7.57.